The molecule has 2 atom stereocenters. The number of hydrogen-bond acceptors (Lipinski definition) is 7. The Kier molecular flexibility index (Phi) is 10.1. The fourth-order valence-corrected chi connectivity index (χ4v) is 14.7. The summed E-state index contributed by atoms with van der Waals surface area (Å²) in [6.07, 6.45) is 4.13. The van der Waals surface area contributed by atoms with Crippen LogP contribution >= 0.6 is 0 Å². The molecular weight excluding hydrogens is 685 g/mol. The van der Waals surface area contributed by atoms with Crippen molar-refractivity contribution >= 4 is 58.1 Å². The molecule has 1 fully saturated rings. The number of sulfone groups is 1. The van der Waals surface area contributed by atoms with Gasteiger partial charge >= 0.3 is 7.12 Å². The lowest BCUT2D eigenvalue weighted by molar-refractivity contribution is 0.170. The summed E-state index contributed by atoms with van der Waals surface area (Å²) in [5.74, 6) is 0.0881. The van der Waals surface area contributed by atoms with E-state index in [4.69, 9.17) is 9.08 Å². The van der Waals surface area contributed by atoms with Crippen LogP contribution in [-0.2, 0) is 18.9 Å². The number of rotatable bonds is 10. The van der Waals surface area contributed by atoms with E-state index in [2.05, 4.69) is 56.1 Å². The molecule has 0 spiro atoms. The molecule has 2 aliphatic heterocycles. The zero-order valence-corrected chi connectivity index (χ0v) is 31.6. The van der Waals surface area contributed by atoms with Crippen LogP contribution in [0.25, 0.3) is 22.4 Å². The highest BCUT2D eigenvalue weighted by Crippen LogP contribution is 2.42. The number of fused-ring (bicyclic) bond motifs is 2. The van der Waals surface area contributed by atoms with Gasteiger partial charge in [0.25, 0.3) is 8.32 Å². The SMILES string of the molecule is CC(C)(C)[Si](OCC1=C2[C@@H](CC/C(=C/c3ccc(O)c4ccccc34)c3ccccn3)OB(O)C[C@@H]2S(=O)(=O)C1)(c1ccccc1)c1ccccc1. The summed E-state index contributed by atoms with van der Waals surface area (Å²) < 4.78 is 41.1. The Balaban J connectivity index is 1.27. The van der Waals surface area contributed by atoms with Crippen LogP contribution in [0.2, 0.25) is 11.4 Å². The van der Waals surface area contributed by atoms with Crippen molar-refractivity contribution in [3.63, 3.8) is 0 Å². The van der Waals surface area contributed by atoms with Crippen molar-refractivity contribution in [2.24, 2.45) is 0 Å². The van der Waals surface area contributed by atoms with E-state index in [0.29, 0.717) is 12.8 Å². The van der Waals surface area contributed by atoms with Crippen molar-refractivity contribution in [3.8, 4) is 5.75 Å². The third kappa shape index (κ3) is 6.93. The van der Waals surface area contributed by atoms with E-state index in [1.54, 1.807) is 12.3 Å². The maximum Gasteiger partial charge on any atom is 0.456 e. The van der Waals surface area contributed by atoms with Crippen LogP contribution < -0.4 is 10.4 Å². The van der Waals surface area contributed by atoms with Crippen molar-refractivity contribution in [2.75, 3.05) is 12.4 Å². The minimum absolute atomic E-state index is 0.000680. The van der Waals surface area contributed by atoms with E-state index in [9.17, 15) is 18.5 Å². The van der Waals surface area contributed by atoms with Crippen LogP contribution in [0.3, 0.4) is 0 Å². The number of nitrogens with zero attached hydrogens (tertiary/aromatic N) is 1. The topological polar surface area (TPSA) is 106 Å². The molecule has 5 aromatic rings. The summed E-state index contributed by atoms with van der Waals surface area (Å²) in [4.78, 5) is 4.66. The largest absolute Gasteiger partial charge is 0.507 e. The fourth-order valence-electron chi connectivity index (χ4n) is 8.10. The van der Waals surface area contributed by atoms with Gasteiger partial charge < -0.3 is 19.2 Å². The highest BCUT2D eigenvalue weighted by molar-refractivity contribution is 7.92. The Morgan fingerprint density at radius 3 is 2.17 bits per heavy atom. The Hall–Kier alpha value is -4.32. The lowest BCUT2D eigenvalue weighted by atomic mass is 9.74. The number of aromatic hydroxyl groups is 1. The molecule has 1 aromatic heterocycles. The highest BCUT2D eigenvalue weighted by Gasteiger charge is 2.52. The first-order valence-corrected chi connectivity index (χ1v) is 21.4. The second-order valence-corrected chi connectivity index (χ2v) is 21.3. The normalized spacial score (nSPS) is 19.2. The van der Waals surface area contributed by atoms with Gasteiger partial charge in [-0.1, -0.05) is 118 Å². The van der Waals surface area contributed by atoms with Crippen LogP contribution in [0.4, 0.5) is 0 Å². The van der Waals surface area contributed by atoms with E-state index in [1.807, 2.05) is 84.9 Å². The molecular formula is C42H44BNO6SSi. The van der Waals surface area contributed by atoms with Gasteiger partial charge in [0.15, 0.2) is 9.84 Å². The average molecular weight is 730 g/mol. The molecule has 0 unspecified atom stereocenters. The van der Waals surface area contributed by atoms with Gasteiger partial charge in [0, 0.05) is 17.9 Å². The Morgan fingerprint density at radius 2 is 1.54 bits per heavy atom. The molecule has 0 amide bonds. The van der Waals surface area contributed by atoms with Crippen molar-refractivity contribution in [1.29, 1.82) is 0 Å². The molecule has 0 bridgehead atoms. The van der Waals surface area contributed by atoms with Crippen molar-refractivity contribution in [3.05, 3.63) is 144 Å². The molecule has 0 aliphatic carbocycles. The highest BCUT2D eigenvalue weighted by atomic mass is 32.2. The number of benzene rings is 4. The standard InChI is InChI=1S/C42H44BNO6SSi/c1-42(2,3)52(33-14-6-4-7-15-33,34-16-8-5-9-17-34)49-28-32-29-51(47,48)40-27-43(46)50-39(41(32)40)24-22-31(37-20-12-13-25-44-37)26-30-21-23-38(45)36-19-11-10-18-35(30)36/h4-21,23,25-26,39-40,45-46H,22,24,27-29H2,1-3H3/b31-26-/t39-,40+/m1/s1. The summed E-state index contributed by atoms with van der Waals surface area (Å²) in [5.41, 5.74) is 4.10. The van der Waals surface area contributed by atoms with Crippen molar-refractivity contribution in [1.82, 2.24) is 4.98 Å². The monoisotopic (exact) mass is 729 g/mol. The van der Waals surface area contributed by atoms with Crippen LogP contribution in [0, 0.1) is 0 Å². The lowest BCUT2D eigenvalue weighted by Crippen LogP contribution is -2.66. The zero-order chi connectivity index (χ0) is 36.5. The first kappa shape index (κ1) is 36.1. The van der Waals surface area contributed by atoms with Gasteiger partial charge in [0.05, 0.1) is 29.4 Å². The summed E-state index contributed by atoms with van der Waals surface area (Å²) in [5, 5.41) is 24.2. The first-order valence-electron chi connectivity index (χ1n) is 17.8. The second-order valence-electron chi connectivity index (χ2n) is 14.8. The van der Waals surface area contributed by atoms with Gasteiger partial charge in [-0.05, 0) is 80.2 Å². The summed E-state index contributed by atoms with van der Waals surface area (Å²) in [7, 11) is -7.75. The van der Waals surface area contributed by atoms with Gasteiger partial charge in [-0.25, -0.2) is 8.42 Å². The summed E-state index contributed by atoms with van der Waals surface area (Å²) >= 11 is 0. The molecule has 7 rings (SSSR count). The van der Waals surface area contributed by atoms with Gasteiger partial charge in [0.1, 0.15) is 5.75 Å². The third-order valence-electron chi connectivity index (χ3n) is 10.5. The number of hydrogen-bond donors (Lipinski definition) is 2. The minimum atomic E-state index is -3.59. The Morgan fingerprint density at radius 1 is 0.904 bits per heavy atom. The molecule has 7 nitrogen and oxygen atoms in total. The molecule has 4 aromatic carbocycles. The fraction of sp³-hybridized carbons (Fsp3) is 0.262. The number of phenols is 1. The number of phenolic OH excluding ortho intramolecular Hbond substituents is 1. The molecule has 2 aliphatic rings. The van der Waals surface area contributed by atoms with Gasteiger partial charge in [-0.15, -0.1) is 0 Å². The summed E-state index contributed by atoms with van der Waals surface area (Å²) in [6.45, 7) is 6.77. The van der Waals surface area contributed by atoms with E-state index >= 15 is 0 Å². The second kappa shape index (κ2) is 14.6. The van der Waals surface area contributed by atoms with Crippen molar-refractivity contribution in [2.45, 2.75) is 56.3 Å². The van der Waals surface area contributed by atoms with Gasteiger partial charge in [-0.3, -0.25) is 4.98 Å². The number of allylic oxidation sites excluding steroid dienone is 1. The van der Waals surface area contributed by atoms with Crippen LogP contribution in [-0.4, -0.2) is 62.7 Å². The molecule has 266 valence electrons. The number of pyridine rings is 1. The molecule has 2 N–H and O–H groups in total. The Labute approximate surface area is 307 Å². The predicted octanol–water partition coefficient (Wildman–Crippen LogP) is 6.81. The maximum atomic E-state index is 13.8. The van der Waals surface area contributed by atoms with Crippen LogP contribution in [0.1, 0.15) is 44.9 Å². The average Bonchev–Trinajstić information content (AvgIpc) is 3.40. The summed E-state index contributed by atoms with van der Waals surface area (Å²) in [6, 6.07) is 37.7. The molecule has 10 heteroatoms. The molecule has 3 heterocycles. The molecule has 1 saturated heterocycles. The van der Waals surface area contributed by atoms with E-state index in [0.717, 1.165) is 49.1 Å². The Bertz CT molecular complexity index is 2180. The molecule has 52 heavy (non-hydrogen) atoms. The van der Waals surface area contributed by atoms with E-state index < -0.39 is 36.6 Å². The molecule has 0 saturated carbocycles. The minimum Gasteiger partial charge on any atom is -0.507 e. The first-order chi connectivity index (χ1) is 25.0. The third-order valence-corrected chi connectivity index (χ3v) is 17.5. The van der Waals surface area contributed by atoms with E-state index in [-0.39, 0.29) is 29.5 Å². The van der Waals surface area contributed by atoms with Gasteiger partial charge in [-0.2, -0.15) is 0 Å². The van der Waals surface area contributed by atoms with Crippen molar-refractivity contribution < 1.29 is 27.6 Å². The number of aromatic nitrogens is 1. The van der Waals surface area contributed by atoms with Gasteiger partial charge in [0.2, 0.25) is 0 Å². The van der Waals surface area contributed by atoms with E-state index in [1.165, 1.54) is 0 Å². The molecule has 0 radical (unpaired) electrons. The smallest absolute Gasteiger partial charge is 0.456 e. The quantitative estimate of drug-likeness (QED) is 0.120. The predicted molar refractivity (Wildman–Crippen MR) is 213 cm³/mol. The zero-order valence-electron chi connectivity index (χ0n) is 29.8. The lowest BCUT2D eigenvalue weighted by Gasteiger charge is -2.43. The maximum absolute atomic E-state index is 13.8. The van der Waals surface area contributed by atoms with Crippen LogP contribution in [0.15, 0.2) is 133 Å². The van der Waals surface area contributed by atoms with Crippen LogP contribution in [0.5, 0.6) is 5.75 Å².